The van der Waals surface area contributed by atoms with E-state index in [1.807, 2.05) is 22.6 Å². The maximum absolute atomic E-state index is 12.6. The van der Waals surface area contributed by atoms with Crippen molar-refractivity contribution < 1.29 is 26.7 Å². The highest BCUT2D eigenvalue weighted by atomic mass is 127. The van der Waals surface area contributed by atoms with Crippen LogP contribution in [-0.2, 0) is 11.2 Å². The fraction of sp³-hybridized carbons (Fsp3) is 0.300. The molecule has 0 amide bonds. The van der Waals surface area contributed by atoms with Crippen LogP contribution < -0.4 is 0 Å². The van der Waals surface area contributed by atoms with Crippen LogP contribution in [0.4, 0.5) is 22.0 Å². The molecule has 0 heterocycles. The van der Waals surface area contributed by atoms with Crippen LogP contribution in [0, 0.1) is 3.57 Å². The fourth-order valence-corrected chi connectivity index (χ4v) is 1.42. The summed E-state index contributed by atoms with van der Waals surface area (Å²) in [5.74, 6) is -7.44. The highest BCUT2D eigenvalue weighted by Crippen LogP contribution is 2.36. The Hall–Kier alpha value is -0.730. The van der Waals surface area contributed by atoms with Gasteiger partial charge >= 0.3 is 12.1 Å². The van der Waals surface area contributed by atoms with E-state index in [1.165, 1.54) is 24.3 Å². The van der Waals surface area contributed by atoms with Gasteiger partial charge in [0.2, 0.25) is 5.78 Å². The Morgan fingerprint density at radius 2 is 1.53 bits per heavy atom. The smallest absolute Gasteiger partial charge is 0.292 e. The van der Waals surface area contributed by atoms with Crippen molar-refractivity contribution in [3.8, 4) is 0 Å². The van der Waals surface area contributed by atoms with Crippen LogP contribution >= 0.6 is 22.6 Å². The number of carbonyl (C=O) groups excluding carboxylic acids is 1. The molecule has 0 aliphatic carbocycles. The molecule has 94 valence electrons. The van der Waals surface area contributed by atoms with E-state index in [0.717, 1.165) is 3.57 Å². The molecule has 1 aromatic rings. The number of benzene rings is 1. The standard InChI is InChI=1S/C10H6F5IO/c11-9(12,10(13,14)15)8(17)5-6-1-3-7(16)4-2-6/h1-4H,5H2. The summed E-state index contributed by atoms with van der Waals surface area (Å²) in [5, 5.41) is 0. The fourth-order valence-electron chi connectivity index (χ4n) is 1.06. The summed E-state index contributed by atoms with van der Waals surface area (Å²) >= 11 is 1.95. The number of alkyl halides is 5. The quantitative estimate of drug-likeness (QED) is 0.592. The number of Topliss-reactive ketones (excluding diaryl/α,β-unsaturated/α-hetero) is 1. The predicted molar refractivity (Wildman–Crippen MR) is 58.9 cm³/mol. The van der Waals surface area contributed by atoms with E-state index >= 15 is 0 Å². The minimum absolute atomic E-state index is 0.124. The van der Waals surface area contributed by atoms with Crippen molar-refractivity contribution in [3.05, 3.63) is 33.4 Å². The summed E-state index contributed by atoms with van der Waals surface area (Å²) in [5.41, 5.74) is 0.124. The molecule has 0 atom stereocenters. The largest absolute Gasteiger partial charge is 0.461 e. The molecule has 0 aliphatic heterocycles. The minimum Gasteiger partial charge on any atom is -0.292 e. The molecule has 0 unspecified atom stereocenters. The second kappa shape index (κ2) is 4.87. The Morgan fingerprint density at radius 3 is 1.94 bits per heavy atom. The van der Waals surface area contributed by atoms with Gasteiger partial charge in [0.25, 0.3) is 0 Å². The van der Waals surface area contributed by atoms with Crippen LogP contribution in [0.5, 0.6) is 0 Å². The average molecular weight is 364 g/mol. The molecule has 0 N–H and O–H groups in total. The second-order valence-corrected chi connectivity index (χ2v) is 4.54. The topological polar surface area (TPSA) is 17.1 Å². The van der Waals surface area contributed by atoms with Crippen LogP contribution in [0.15, 0.2) is 24.3 Å². The predicted octanol–water partition coefficient (Wildman–Crippen LogP) is 3.60. The summed E-state index contributed by atoms with van der Waals surface area (Å²) < 4.78 is 61.7. The number of hydrogen-bond acceptors (Lipinski definition) is 1. The monoisotopic (exact) mass is 364 g/mol. The summed E-state index contributed by atoms with van der Waals surface area (Å²) in [6.07, 6.45) is -6.78. The molecule has 1 nitrogen and oxygen atoms in total. The first kappa shape index (κ1) is 14.3. The molecular formula is C10H6F5IO. The van der Waals surface area contributed by atoms with Gasteiger partial charge in [-0.05, 0) is 40.3 Å². The van der Waals surface area contributed by atoms with Crippen LogP contribution in [0.2, 0.25) is 0 Å². The summed E-state index contributed by atoms with van der Waals surface area (Å²) in [6.45, 7) is 0. The van der Waals surface area contributed by atoms with E-state index in [1.54, 1.807) is 0 Å². The van der Waals surface area contributed by atoms with Gasteiger partial charge in [-0.15, -0.1) is 0 Å². The molecule has 0 saturated carbocycles. The van der Waals surface area contributed by atoms with Crippen molar-refractivity contribution >= 4 is 28.4 Å². The van der Waals surface area contributed by atoms with Gasteiger partial charge in [0.05, 0.1) is 0 Å². The van der Waals surface area contributed by atoms with Crippen LogP contribution in [0.1, 0.15) is 5.56 Å². The first-order valence-electron chi connectivity index (χ1n) is 4.37. The summed E-state index contributed by atoms with van der Waals surface area (Å²) in [7, 11) is 0. The Balaban J connectivity index is 2.83. The van der Waals surface area contributed by atoms with Gasteiger partial charge < -0.3 is 0 Å². The van der Waals surface area contributed by atoms with Gasteiger partial charge in [0, 0.05) is 9.99 Å². The Bertz CT molecular complexity index is 410. The average Bonchev–Trinajstić information content (AvgIpc) is 2.19. The summed E-state index contributed by atoms with van der Waals surface area (Å²) in [6, 6.07) is 5.72. The van der Waals surface area contributed by atoms with Crippen LogP contribution in [0.25, 0.3) is 0 Å². The van der Waals surface area contributed by atoms with E-state index in [2.05, 4.69) is 0 Å². The van der Waals surface area contributed by atoms with E-state index < -0.39 is 24.3 Å². The third kappa shape index (κ3) is 3.36. The highest BCUT2D eigenvalue weighted by Gasteiger charge is 2.62. The first-order chi connectivity index (χ1) is 7.64. The lowest BCUT2D eigenvalue weighted by atomic mass is 10.0. The second-order valence-electron chi connectivity index (χ2n) is 3.30. The van der Waals surface area contributed by atoms with E-state index in [4.69, 9.17) is 0 Å². The zero-order valence-electron chi connectivity index (χ0n) is 8.19. The number of halogens is 6. The number of carbonyl (C=O) groups is 1. The Labute approximate surface area is 107 Å². The number of hydrogen-bond donors (Lipinski definition) is 0. The van der Waals surface area contributed by atoms with Gasteiger partial charge in [-0.3, -0.25) is 4.79 Å². The number of ketones is 1. The third-order valence-electron chi connectivity index (χ3n) is 1.98. The van der Waals surface area contributed by atoms with Crippen molar-refractivity contribution in [1.29, 1.82) is 0 Å². The maximum Gasteiger partial charge on any atom is 0.461 e. The van der Waals surface area contributed by atoms with Crippen molar-refractivity contribution in [2.24, 2.45) is 0 Å². The normalized spacial score (nSPS) is 12.6. The number of rotatable bonds is 3. The molecule has 17 heavy (non-hydrogen) atoms. The van der Waals surface area contributed by atoms with Gasteiger partial charge in [-0.1, -0.05) is 12.1 Å². The molecule has 0 bridgehead atoms. The third-order valence-corrected chi connectivity index (χ3v) is 2.70. The zero-order valence-corrected chi connectivity index (χ0v) is 10.4. The van der Waals surface area contributed by atoms with E-state index in [0.29, 0.717) is 0 Å². The Morgan fingerprint density at radius 1 is 1.06 bits per heavy atom. The van der Waals surface area contributed by atoms with Gasteiger partial charge in [0.1, 0.15) is 0 Å². The lowest BCUT2D eigenvalue weighted by Gasteiger charge is -2.17. The molecule has 0 fully saturated rings. The molecule has 1 aromatic carbocycles. The minimum atomic E-state index is -5.84. The summed E-state index contributed by atoms with van der Waals surface area (Å²) in [4.78, 5) is 10.9. The van der Waals surface area contributed by atoms with Gasteiger partial charge in [-0.2, -0.15) is 22.0 Å². The Kier molecular flexibility index (Phi) is 4.11. The molecule has 0 spiro atoms. The van der Waals surface area contributed by atoms with Crippen LogP contribution in [-0.4, -0.2) is 17.9 Å². The molecule has 0 aromatic heterocycles. The van der Waals surface area contributed by atoms with Crippen molar-refractivity contribution in [3.63, 3.8) is 0 Å². The van der Waals surface area contributed by atoms with Crippen molar-refractivity contribution in [2.75, 3.05) is 0 Å². The molecule has 7 heteroatoms. The SMILES string of the molecule is O=C(Cc1ccc(I)cc1)C(F)(F)C(F)(F)F. The van der Waals surface area contributed by atoms with Crippen molar-refractivity contribution in [2.45, 2.75) is 18.5 Å². The maximum atomic E-state index is 12.6. The van der Waals surface area contributed by atoms with Gasteiger partial charge in [-0.25, -0.2) is 0 Å². The van der Waals surface area contributed by atoms with E-state index in [-0.39, 0.29) is 5.56 Å². The zero-order chi connectivity index (χ0) is 13.3. The van der Waals surface area contributed by atoms with Gasteiger partial charge in [0.15, 0.2) is 0 Å². The van der Waals surface area contributed by atoms with E-state index in [9.17, 15) is 26.7 Å². The van der Waals surface area contributed by atoms with Crippen molar-refractivity contribution in [1.82, 2.24) is 0 Å². The molecule has 0 aliphatic rings. The first-order valence-corrected chi connectivity index (χ1v) is 5.45. The highest BCUT2D eigenvalue weighted by molar-refractivity contribution is 14.1. The molecule has 0 radical (unpaired) electrons. The lowest BCUT2D eigenvalue weighted by Crippen LogP contribution is -2.44. The molecule has 1 rings (SSSR count). The molecule has 0 saturated heterocycles. The molecular weight excluding hydrogens is 358 g/mol. The lowest BCUT2D eigenvalue weighted by molar-refractivity contribution is -0.268. The van der Waals surface area contributed by atoms with Crippen LogP contribution in [0.3, 0.4) is 0 Å².